The van der Waals surface area contributed by atoms with Crippen molar-refractivity contribution >= 4 is 0 Å². The van der Waals surface area contributed by atoms with E-state index in [1.165, 1.54) is 0 Å². The van der Waals surface area contributed by atoms with Gasteiger partial charge in [-0.1, -0.05) is 24.3 Å². The molecule has 2 aromatic carbocycles. The Labute approximate surface area is 124 Å². The lowest BCUT2D eigenvalue weighted by Gasteiger charge is -2.25. The first-order valence-electron chi connectivity index (χ1n) is 7.10. The number of hydrogen-bond donors (Lipinski definition) is 1. The predicted octanol–water partition coefficient (Wildman–Crippen LogP) is 3.36. The van der Waals surface area contributed by atoms with Crippen molar-refractivity contribution < 1.29 is 9.84 Å². The number of benzene rings is 2. The van der Waals surface area contributed by atoms with E-state index in [4.69, 9.17) is 10.00 Å². The summed E-state index contributed by atoms with van der Waals surface area (Å²) in [7, 11) is 0. The fourth-order valence-electron chi connectivity index (χ4n) is 2.31. The molecule has 0 heterocycles. The molecule has 106 valence electrons. The van der Waals surface area contributed by atoms with Gasteiger partial charge >= 0.3 is 0 Å². The Kier molecular flexibility index (Phi) is 3.40. The number of nitriles is 1. The lowest BCUT2D eigenvalue weighted by molar-refractivity contribution is 0.102. The number of ether oxygens (including phenoxy) is 1. The van der Waals surface area contributed by atoms with Crippen LogP contribution in [0, 0.1) is 11.3 Å². The van der Waals surface area contributed by atoms with Crippen LogP contribution >= 0.6 is 0 Å². The van der Waals surface area contributed by atoms with Crippen molar-refractivity contribution in [1.29, 1.82) is 5.26 Å². The Bertz CT molecular complexity index is 696. The quantitative estimate of drug-likeness (QED) is 0.933. The minimum atomic E-state index is -1.16. The Hall–Kier alpha value is -2.31. The number of hydrogen-bond acceptors (Lipinski definition) is 3. The van der Waals surface area contributed by atoms with Crippen molar-refractivity contribution in [2.75, 3.05) is 0 Å². The first-order chi connectivity index (χ1) is 10.1. The van der Waals surface area contributed by atoms with Crippen molar-refractivity contribution in [1.82, 2.24) is 0 Å². The average molecular weight is 279 g/mol. The second kappa shape index (κ2) is 5.23. The van der Waals surface area contributed by atoms with Gasteiger partial charge in [-0.15, -0.1) is 0 Å². The van der Waals surface area contributed by atoms with Gasteiger partial charge in [0.05, 0.1) is 17.7 Å². The molecular weight excluding hydrogens is 262 g/mol. The largest absolute Gasteiger partial charge is 0.490 e. The van der Waals surface area contributed by atoms with E-state index in [1.807, 2.05) is 30.3 Å². The zero-order chi connectivity index (χ0) is 14.9. The van der Waals surface area contributed by atoms with Crippen LogP contribution in [0.5, 0.6) is 5.75 Å². The third-order valence-electron chi connectivity index (χ3n) is 3.78. The van der Waals surface area contributed by atoms with E-state index >= 15 is 0 Å². The van der Waals surface area contributed by atoms with Gasteiger partial charge in [0.2, 0.25) is 0 Å². The van der Waals surface area contributed by atoms with E-state index < -0.39 is 5.60 Å². The Balaban J connectivity index is 1.94. The lowest BCUT2D eigenvalue weighted by Crippen LogP contribution is -2.22. The fraction of sp³-hybridized carbons (Fsp3) is 0.278. The van der Waals surface area contributed by atoms with E-state index in [2.05, 4.69) is 6.07 Å². The van der Waals surface area contributed by atoms with Crippen LogP contribution in [-0.2, 0) is 5.60 Å². The lowest BCUT2D eigenvalue weighted by atomic mass is 9.87. The highest BCUT2D eigenvalue weighted by Crippen LogP contribution is 2.33. The minimum absolute atomic E-state index is 0.326. The molecule has 3 nitrogen and oxygen atoms in total. The standard InChI is InChI=1S/C18H17NO2/c1-18(20,14-5-2-4-13(10-14)12-19)15-6-3-7-17(11-15)21-16-8-9-16/h2-7,10-11,16,20H,8-9H2,1H3. The molecular formula is C18H17NO2. The van der Waals surface area contributed by atoms with Gasteiger partial charge in [-0.3, -0.25) is 0 Å². The van der Waals surface area contributed by atoms with Crippen molar-refractivity contribution in [3.05, 3.63) is 65.2 Å². The molecule has 0 aromatic heterocycles. The second-order valence-electron chi connectivity index (χ2n) is 5.61. The van der Waals surface area contributed by atoms with E-state index in [0.717, 1.165) is 24.2 Å². The van der Waals surface area contributed by atoms with Crippen LogP contribution in [0.15, 0.2) is 48.5 Å². The molecule has 0 saturated heterocycles. The van der Waals surface area contributed by atoms with Crippen LogP contribution in [0.3, 0.4) is 0 Å². The van der Waals surface area contributed by atoms with Crippen LogP contribution in [0.2, 0.25) is 0 Å². The van der Waals surface area contributed by atoms with Gasteiger partial charge in [0.25, 0.3) is 0 Å². The van der Waals surface area contributed by atoms with Crippen molar-refractivity contribution in [3.63, 3.8) is 0 Å². The average Bonchev–Trinajstić information content (AvgIpc) is 3.31. The highest BCUT2D eigenvalue weighted by atomic mass is 16.5. The molecule has 1 aliphatic carbocycles. The molecule has 1 N–H and O–H groups in total. The molecule has 3 heteroatoms. The molecule has 0 radical (unpaired) electrons. The second-order valence-corrected chi connectivity index (χ2v) is 5.61. The van der Waals surface area contributed by atoms with Crippen LogP contribution in [0.4, 0.5) is 0 Å². The third kappa shape index (κ3) is 2.91. The molecule has 0 amide bonds. The van der Waals surface area contributed by atoms with Crippen LogP contribution < -0.4 is 4.74 Å². The van der Waals surface area contributed by atoms with Gasteiger partial charge in [-0.2, -0.15) is 5.26 Å². The van der Waals surface area contributed by atoms with Gasteiger partial charge in [0, 0.05) is 0 Å². The Morgan fingerprint density at radius 2 is 1.81 bits per heavy atom. The SMILES string of the molecule is CC(O)(c1cccc(C#N)c1)c1cccc(OC2CC2)c1. The summed E-state index contributed by atoms with van der Waals surface area (Å²) in [6.45, 7) is 1.74. The van der Waals surface area contributed by atoms with Crippen LogP contribution in [0.25, 0.3) is 0 Å². The van der Waals surface area contributed by atoms with E-state index in [9.17, 15) is 5.11 Å². The van der Waals surface area contributed by atoms with Gasteiger partial charge in [0.15, 0.2) is 0 Å². The summed E-state index contributed by atoms with van der Waals surface area (Å²) in [6.07, 6.45) is 2.53. The van der Waals surface area contributed by atoms with Crippen molar-refractivity contribution in [2.45, 2.75) is 31.5 Å². The highest BCUT2D eigenvalue weighted by Gasteiger charge is 2.28. The van der Waals surface area contributed by atoms with E-state index in [-0.39, 0.29) is 0 Å². The fourth-order valence-corrected chi connectivity index (χ4v) is 2.31. The smallest absolute Gasteiger partial charge is 0.120 e. The summed E-state index contributed by atoms with van der Waals surface area (Å²) >= 11 is 0. The molecule has 1 aliphatic rings. The molecule has 21 heavy (non-hydrogen) atoms. The molecule has 0 spiro atoms. The minimum Gasteiger partial charge on any atom is -0.490 e. The highest BCUT2D eigenvalue weighted by molar-refractivity contribution is 5.42. The van der Waals surface area contributed by atoms with Gasteiger partial charge in [0.1, 0.15) is 11.4 Å². The molecule has 1 fully saturated rings. The zero-order valence-electron chi connectivity index (χ0n) is 11.9. The molecule has 0 aliphatic heterocycles. The maximum atomic E-state index is 10.9. The summed E-state index contributed by atoms with van der Waals surface area (Å²) in [4.78, 5) is 0. The maximum Gasteiger partial charge on any atom is 0.120 e. The summed E-state index contributed by atoms with van der Waals surface area (Å²) in [5.74, 6) is 0.784. The molecule has 0 bridgehead atoms. The number of rotatable bonds is 4. The molecule has 3 rings (SSSR count). The van der Waals surface area contributed by atoms with Crippen molar-refractivity contribution in [2.24, 2.45) is 0 Å². The third-order valence-corrected chi connectivity index (χ3v) is 3.78. The van der Waals surface area contributed by atoms with Crippen LogP contribution in [-0.4, -0.2) is 11.2 Å². The zero-order valence-corrected chi connectivity index (χ0v) is 11.9. The molecule has 1 atom stereocenters. The van der Waals surface area contributed by atoms with E-state index in [1.54, 1.807) is 25.1 Å². The van der Waals surface area contributed by atoms with Gasteiger partial charge in [-0.25, -0.2) is 0 Å². The summed E-state index contributed by atoms with van der Waals surface area (Å²) < 4.78 is 5.78. The molecule has 2 aromatic rings. The van der Waals surface area contributed by atoms with Gasteiger partial charge in [-0.05, 0) is 55.2 Å². The Morgan fingerprint density at radius 3 is 2.48 bits per heavy atom. The molecule has 1 saturated carbocycles. The number of aliphatic hydroxyl groups is 1. The number of nitrogens with zero attached hydrogens (tertiary/aromatic N) is 1. The topological polar surface area (TPSA) is 53.2 Å². The first-order valence-corrected chi connectivity index (χ1v) is 7.10. The van der Waals surface area contributed by atoms with Gasteiger partial charge < -0.3 is 9.84 Å². The monoisotopic (exact) mass is 279 g/mol. The first kappa shape index (κ1) is 13.7. The van der Waals surface area contributed by atoms with E-state index in [0.29, 0.717) is 17.2 Å². The summed E-state index contributed by atoms with van der Waals surface area (Å²) in [5.41, 5.74) is 0.842. The summed E-state index contributed by atoms with van der Waals surface area (Å²) in [6, 6.07) is 16.7. The van der Waals surface area contributed by atoms with Crippen LogP contribution in [0.1, 0.15) is 36.5 Å². The summed E-state index contributed by atoms with van der Waals surface area (Å²) in [5, 5.41) is 19.9. The maximum absolute atomic E-state index is 10.9. The normalized spacial score (nSPS) is 16.8. The molecule has 1 unspecified atom stereocenters. The van der Waals surface area contributed by atoms with Crippen molar-refractivity contribution in [3.8, 4) is 11.8 Å². The predicted molar refractivity (Wildman–Crippen MR) is 79.9 cm³/mol. The Morgan fingerprint density at radius 1 is 1.14 bits per heavy atom.